The number of hydrogen-bond donors (Lipinski definition) is 2. The van der Waals surface area contributed by atoms with E-state index in [2.05, 4.69) is 19.9 Å². The fraction of sp³-hybridized carbons (Fsp3) is 0.750. The van der Waals surface area contributed by atoms with Crippen molar-refractivity contribution in [3.05, 3.63) is 0 Å². The van der Waals surface area contributed by atoms with E-state index in [-0.39, 0.29) is 18.6 Å². The maximum absolute atomic E-state index is 9.00. The molecular formula is C12H21N5O2. The summed E-state index contributed by atoms with van der Waals surface area (Å²) in [7, 11) is 0. The molecule has 1 aromatic heterocycles. The van der Waals surface area contributed by atoms with Crippen LogP contribution in [0.2, 0.25) is 0 Å². The van der Waals surface area contributed by atoms with Crippen LogP contribution < -0.4 is 15.4 Å². The molecule has 0 aromatic carbocycles. The molecule has 3 N–H and O–H groups in total. The summed E-state index contributed by atoms with van der Waals surface area (Å²) in [5, 5.41) is 9.00. The summed E-state index contributed by atoms with van der Waals surface area (Å²) in [6, 6.07) is 0.696. The number of nitrogens with zero attached hydrogens (tertiary/aromatic N) is 4. The maximum Gasteiger partial charge on any atom is 0.323 e. The summed E-state index contributed by atoms with van der Waals surface area (Å²) in [6.07, 6.45) is 4.16. The largest absolute Gasteiger partial charge is 0.464 e. The van der Waals surface area contributed by atoms with Gasteiger partial charge in [0, 0.05) is 19.2 Å². The molecule has 1 aromatic rings. The number of rotatable bonds is 7. The van der Waals surface area contributed by atoms with Gasteiger partial charge >= 0.3 is 6.01 Å². The van der Waals surface area contributed by atoms with Crippen molar-refractivity contribution in [1.82, 2.24) is 15.0 Å². The molecule has 0 amide bonds. The molecule has 7 nitrogen and oxygen atoms in total. The van der Waals surface area contributed by atoms with Gasteiger partial charge in [-0.3, -0.25) is 0 Å². The molecule has 19 heavy (non-hydrogen) atoms. The number of nitrogens with two attached hydrogens (primary N) is 1. The summed E-state index contributed by atoms with van der Waals surface area (Å²) in [5.74, 6) is 0.718. The lowest BCUT2D eigenvalue weighted by Crippen LogP contribution is -2.42. The van der Waals surface area contributed by atoms with Crippen LogP contribution in [0.5, 0.6) is 6.01 Å². The Balaban J connectivity index is 2.18. The van der Waals surface area contributed by atoms with E-state index in [0.29, 0.717) is 25.0 Å². The third-order valence-corrected chi connectivity index (χ3v) is 3.22. The number of nitrogen functional groups attached to an aromatic ring is 1. The van der Waals surface area contributed by atoms with Crippen LogP contribution in [0, 0.1) is 0 Å². The summed E-state index contributed by atoms with van der Waals surface area (Å²) >= 11 is 0. The highest BCUT2D eigenvalue weighted by Gasteiger charge is 2.27. The first-order valence-corrected chi connectivity index (χ1v) is 6.76. The third-order valence-electron chi connectivity index (χ3n) is 3.22. The molecule has 7 heteroatoms. The lowest BCUT2D eigenvalue weighted by Gasteiger charge is -2.37. The van der Waals surface area contributed by atoms with Crippen LogP contribution in [-0.4, -0.2) is 45.9 Å². The summed E-state index contributed by atoms with van der Waals surface area (Å²) in [4.78, 5) is 14.5. The second kappa shape index (κ2) is 6.51. The monoisotopic (exact) mass is 267 g/mol. The van der Waals surface area contributed by atoms with Gasteiger partial charge in [0.25, 0.3) is 0 Å². The van der Waals surface area contributed by atoms with Crippen molar-refractivity contribution >= 4 is 11.9 Å². The quantitative estimate of drug-likeness (QED) is 0.746. The number of anilines is 2. The molecule has 0 saturated heterocycles. The first-order valence-electron chi connectivity index (χ1n) is 6.76. The van der Waals surface area contributed by atoms with E-state index < -0.39 is 0 Å². The Morgan fingerprint density at radius 2 is 2.16 bits per heavy atom. The molecule has 0 atom stereocenters. The fourth-order valence-corrected chi connectivity index (χ4v) is 2.07. The van der Waals surface area contributed by atoms with Crippen LogP contribution in [0.1, 0.15) is 32.6 Å². The number of ether oxygens (including phenoxy) is 1. The molecule has 1 fully saturated rings. The van der Waals surface area contributed by atoms with Crippen molar-refractivity contribution in [3.8, 4) is 6.01 Å². The zero-order valence-corrected chi connectivity index (χ0v) is 11.2. The van der Waals surface area contributed by atoms with Crippen molar-refractivity contribution in [1.29, 1.82) is 0 Å². The summed E-state index contributed by atoms with van der Waals surface area (Å²) in [5.41, 5.74) is 5.70. The van der Waals surface area contributed by atoms with E-state index in [4.69, 9.17) is 15.6 Å². The summed E-state index contributed by atoms with van der Waals surface area (Å²) < 4.78 is 5.30. The molecular weight excluding hydrogens is 246 g/mol. The minimum absolute atomic E-state index is 0.155. The molecule has 0 radical (unpaired) electrons. The Bertz CT molecular complexity index is 411. The Morgan fingerprint density at radius 3 is 2.74 bits per heavy atom. The highest BCUT2D eigenvalue weighted by Crippen LogP contribution is 2.28. The van der Waals surface area contributed by atoms with Gasteiger partial charge in [-0.05, 0) is 32.6 Å². The molecule has 0 aliphatic heterocycles. The Kier molecular flexibility index (Phi) is 4.73. The topological polar surface area (TPSA) is 97.4 Å². The second-order valence-electron chi connectivity index (χ2n) is 4.56. The summed E-state index contributed by atoms with van der Waals surface area (Å²) in [6.45, 7) is 3.23. The van der Waals surface area contributed by atoms with Crippen molar-refractivity contribution in [2.45, 2.75) is 38.6 Å². The van der Waals surface area contributed by atoms with Gasteiger partial charge in [0.05, 0.1) is 6.61 Å². The molecule has 106 valence electrons. The average Bonchev–Trinajstić information content (AvgIpc) is 2.31. The van der Waals surface area contributed by atoms with Gasteiger partial charge in [0.1, 0.15) is 0 Å². The van der Waals surface area contributed by atoms with E-state index >= 15 is 0 Å². The van der Waals surface area contributed by atoms with Gasteiger partial charge in [0.15, 0.2) is 0 Å². The van der Waals surface area contributed by atoms with Gasteiger partial charge in [-0.1, -0.05) is 0 Å². The molecule has 0 unspecified atom stereocenters. The fourth-order valence-electron chi connectivity index (χ4n) is 2.07. The van der Waals surface area contributed by atoms with Crippen LogP contribution >= 0.6 is 0 Å². The van der Waals surface area contributed by atoms with E-state index in [0.717, 1.165) is 19.4 Å². The lowest BCUT2D eigenvalue weighted by molar-refractivity contribution is 0.281. The van der Waals surface area contributed by atoms with E-state index in [1.54, 1.807) is 0 Å². The standard InChI is InChI=1S/C12H21N5O2/c1-2-19-12-15-10(13)14-11(16-12)17(7-4-8-18)9-5-3-6-9/h9,18H,2-8H2,1H3,(H2,13,14,15,16). The maximum atomic E-state index is 9.00. The predicted molar refractivity (Wildman–Crippen MR) is 72.1 cm³/mol. The van der Waals surface area contributed by atoms with Crippen molar-refractivity contribution in [2.75, 3.05) is 30.4 Å². The van der Waals surface area contributed by atoms with Crippen molar-refractivity contribution < 1.29 is 9.84 Å². The first-order chi connectivity index (χ1) is 9.24. The van der Waals surface area contributed by atoms with Gasteiger partial charge in [-0.25, -0.2) is 0 Å². The molecule has 2 rings (SSSR count). The van der Waals surface area contributed by atoms with Gasteiger partial charge < -0.3 is 20.5 Å². The zero-order valence-electron chi connectivity index (χ0n) is 11.2. The highest BCUT2D eigenvalue weighted by atomic mass is 16.5. The average molecular weight is 267 g/mol. The van der Waals surface area contributed by atoms with Crippen LogP contribution in [-0.2, 0) is 0 Å². The zero-order chi connectivity index (χ0) is 13.7. The molecule has 1 aliphatic carbocycles. The number of aromatic nitrogens is 3. The number of hydrogen-bond acceptors (Lipinski definition) is 7. The first kappa shape index (κ1) is 13.8. The highest BCUT2D eigenvalue weighted by molar-refractivity contribution is 5.37. The normalized spacial score (nSPS) is 15.1. The van der Waals surface area contributed by atoms with E-state index in [1.807, 2.05) is 6.92 Å². The van der Waals surface area contributed by atoms with Crippen LogP contribution in [0.3, 0.4) is 0 Å². The Hall–Kier alpha value is -1.63. The van der Waals surface area contributed by atoms with Crippen molar-refractivity contribution in [3.63, 3.8) is 0 Å². The van der Waals surface area contributed by atoms with E-state index in [1.165, 1.54) is 6.42 Å². The second-order valence-corrected chi connectivity index (χ2v) is 4.56. The van der Waals surface area contributed by atoms with Crippen molar-refractivity contribution in [2.24, 2.45) is 0 Å². The van der Waals surface area contributed by atoms with Gasteiger partial charge in [-0.15, -0.1) is 0 Å². The Morgan fingerprint density at radius 1 is 1.37 bits per heavy atom. The molecule has 1 saturated carbocycles. The molecule has 0 spiro atoms. The van der Waals surface area contributed by atoms with Crippen LogP contribution in [0.4, 0.5) is 11.9 Å². The van der Waals surface area contributed by atoms with Gasteiger partial charge in [0.2, 0.25) is 11.9 Å². The lowest BCUT2D eigenvalue weighted by atomic mass is 9.91. The third kappa shape index (κ3) is 3.44. The minimum Gasteiger partial charge on any atom is -0.464 e. The van der Waals surface area contributed by atoms with Crippen LogP contribution in [0.25, 0.3) is 0 Å². The number of aliphatic hydroxyl groups is 1. The number of aliphatic hydroxyl groups excluding tert-OH is 1. The minimum atomic E-state index is 0.155. The molecule has 0 bridgehead atoms. The molecule has 1 aliphatic rings. The van der Waals surface area contributed by atoms with E-state index in [9.17, 15) is 0 Å². The predicted octanol–water partition coefficient (Wildman–Crippen LogP) is 0.594. The van der Waals surface area contributed by atoms with Crippen LogP contribution in [0.15, 0.2) is 0 Å². The smallest absolute Gasteiger partial charge is 0.323 e. The SMILES string of the molecule is CCOc1nc(N)nc(N(CCCO)C2CCC2)n1. The molecule has 1 heterocycles. The van der Waals surface area contributed by atoms with Gasteiger partial charge in [-0.2, -0.15) is 15.0 Å². The Labute approximate surface area is 112 Å².